The van der Waals surface area contributed by atoms with Gasteiger partial charge in [0.25, 0.3) is 11.6 Å². The number of hydrogen-bond donors (Lipinski definition) is 1. The fraction of sp³-hybridized carbons (Fsp3) is 0.0435. The maximum Gasteiger partial charge on any atom is 0.283 e. The molecule has 0 spiro atoms. The zero-order valence-electron chi connectivity index (χ0n) is 17.5. The van der Waals surface area contributed by atoms with Crippen LogP contribution >= 0.6 is 23.4 Å². The summed E-state index contributed by atoms with van der Waals surface area (Å²) in [4.78, 5) is 27.3. The molecule has 2 aromatic carbocycles. The van der Waals surface area contributed by atoms with Crippen LogP contribution < -0.4 is 0 Å². The first-order chi connectivity index (χ1) is 16.3. The average molecular weight is 492 g/mol. The highest BCUT2D eigenvalue weighted by Crippen LogP contribution is 2.34. The number of benzene rings is 2. The molecule has 0 aliphatic carbocycles. The molecule has 0 saturated heterocycles. The van der Waals surface area contributed by atoms with Crippen molar-refractivity contribution in [2.45, 2.75) is 6.92 Å². The normalized spacial score (nSPS) is 16.5. The lowest BCUT2D eigenvalue weighted by Gasteiger charge is -2.19. The van der Waals surface area contributed by atoms with E-state index in [2.05, 4.69) is 10.1 Å². The van der Waals surface area contributed by atoms with Crippen molar-refractivity contribution in [2.75, 3.05) is 0 Å². The zero-order valence-corrected chi connectivity index (χ0v) is 19.1. The predicted molar refractivity (Wildman–Crippen MR) is 131 cm³/mol. The van der Waals surface area contributed by atoms with E-state index < -0.39 is 10.8 Å². The van der Waals surface area contributed by atoms with Gasteiger partial charge in [-0.2, -0.15) is 15.1 Å². The van der Waals surface area contributed by atoms with Crippen molar-refractivity contribution >= 4 is 57.1 Å². The SMILES string of the molecule is Cc1cc([N+](=O)[O-])ccc1-c1ccc(/C=C2/C(=N)N3N=C(c4ccccc4Cl)SC3=NC2=O)o1. The summed E-state index contributed by atoms with van der Waals surface area (Å²) < 4.78 is 5.85. The Morgan fingerprint density at radius 3 is 2.71 bits per heavy atom. The number of nitrogens with one attached hydrogen (secondary N) is 1. The second-order valence-corrected chi connectivity index (χ2v) is 8.73. The maximum absolute atomic E-state index is 12.7. The largest absolute Gasteiger partial charge is 0.457 e. The van der Waals surface area contributed by atoms with Crippen molar-refractivity contribution in [1.29, 1.82) is 5.41 Å². The summed E-state index contributed by atoms with van der Waals surface area (Å²) in [5, 5.41) is 26.5. The number of hydrogen-bond acceptors (Lipinski definition) is 7. The lowest BCUT2D eigenvalue weighted by molar-refractivity contribution is -0.384. The Morgan fingerprint density at radius 1 is 1.18 bits per heavy atom. The van der Waals surface area contributed by atoms with Gasteiger partial charge in [0.1, 0.15) is 16.6 Å². The van der Waals surface area contributed by atoms with Gasteiger partial charge in [0.2, 0.25) is 5.17 Å². The number of nitro benzene ring substituents is 1. The molecule has 1 N–H and O–H groups in total. The molecule has 3 heterocycles. The quantitative estimate of drug-likeness (QED) is 0.292. The highest BCUT2D eigenvalue weighted by Gasteiger charge is 2.36. The number of fused-ring (bicyclic) bond motifs is 1. The van der Waals surface area contributed by atoms with E-state index in [9.17, 15) is 14.9 Å². The number of aliphatic imine (C=N–C) groups is 1. The van der Waals surface area contributed by atoms with Gasteiger partial charge in [-0.15, -0.1) is 0 Å². The van der Waals surface area contributed by atoms with Crippen LogP contribution in [0.25, 0.3) is 17.4 Å². The fourth-order valence-electron chi connectivity index (χ4n) is 3.49. The molecule has 0 unspecified atom stereocenters. The molecule has 0 atom stereocenters. The van der Waals surface area contributed by atoms with E-state index in [-0.39, 0.29) is 22.3 Å². The minimum absolute atomic E-state index is 0.00902. The van der Waals surface area contributed by atoms with Crippen LogP contribution in [0.4, 0.5) is 5.69 Å². The Kier molecular flexibility index (Phi) is 5.39. The number of carbonyl (C=O) groups excluding carboxylic acids is 1. The van der Waals surface area contributed by atoms with Crippen molar-refractivity contribution in [3.05, 3.63) is 92.2 Å². The molecular weight excluding hydrogens is 478 g/mol. The molecule has 0 saturated carbocycles. The van der Waals surface area contributed by atoms with Gasteiger partial charge >= 0.3 is 0 Å². The Labute approximate surface area is 202 Å². The first-order valence-electron chi connectivity index (χ1n) is 9.92. The lowest BCUT2D eigenvalue weighted by atomic mass is 10.1. The molecule has 2 aliphatic rings. The summed E-state index contributed by atoms with van der Waals surface area (Å²) in [7, 11) is 0. The molecule has 9 nitrogen and oxygen atoms in total. The van der Waals surface area contributed by atoms with Gasteiger partial charge in [-0.05, 0) is 54.6 Å². The first-order valence-corrected chi connectivity index (χ1v) is 11.1. The number of amidine groups is 2. The lowest BCUT2D eigenvalue weighted by Crippen LogP contribution is -2.35. The second kappa shape index (κ2) is 8.40. The van der Waals surface area contributed by atoms with E-state index in [1.807, 2.05) is 6.07 Å². The smallest absolute Gasteiger partial charge is 0.283 e. The number of amides is 1. The van der Waals surface area contributed by atoms with Gasteiger partial charge < -0.3 is 4.42 Å². The molecule has 168 valence electrons. The summed E-state index contributed by atoms with van der Waals surface area (Å²) in [5.74, 6) is 0.105. The number of aryl methyl sites for hydroxylation is 1. The van der Waals surface area contributed by atoms with Gasteiger partial charge in [0, 0.05) is 23.3 Å². The molecule has 3 aromatic rings. The Bertz CT molecular complexity index is 1490. The Morgan fingerprint density at radius 2 is 1.97 bits per heavy atom. The summed E-state index contributed by atoms with van der Waals surface area (Å²) in [6.45, 7) is 1.75. The molecule has 2 aliphatic heterocycles. The van der Waals surface area contributed by atoms with Crippen LogP contribution in [0.1, 0.15) is 16.9 Å². The van der Waals surface area contributed by atoms with E-state index in [0.29, 0.717) is 38.3 Å². The number of non-ortho nitro benzene ring substituents is 1. The van der Waals surface area contributed by atoms with Gasteiger partial charge in [-0.3, -0.25) is 20.3 Å². The van der Waals surface area contributed by atoms with Crippen LogP contribution in [0.3, 0.4) is 0 Å². The fourth-order valence-corrected chi connectivity index (χ4v) is 4.70. The van der Waals surface area contributed by atoms with Crippen molar-refractivity contribution in [1.82, 2.24) is 5.01 Å². The molecule has 0 bridgehead atoms. The highest BCUT2D eigenvalue weighted by molar-refractivity contribution is 8.27. The highest BCUT2D eigenvalue weighted by atomic mass is 35.5. The Balaban J connectivity index is 1.44. The number of carbonyl (C=O) groups is 1. The van der Waals surface area contributed by atoms with Crippen molar-refractivity contribution < 1.29 is 14.1 Å². The molecule has 34 heavy (non-hydrogen) atoms. The number of rotatable bonds is 4. The third-order valence-corrected chi connectivity index (χ3v) is 6.43. The molecule has 0 fully saturated rings. The van der Waals surface area contributed by atoms with Crippen LogP contribution in [0.2, 0.25) is 5.02 Å². The average Bonchev–Trinajstić information content (AvgIpc) is 3.44. The molecule has 11 heteroatoms. The molecule has 1 aromatic heterocycles. The van der Waals surface area contributed by atoms with E-state index >= 15 is 0 Å². The summed E-state index contributed by atoms with van der Waals surface area (Å²) >= 11 is 7.43. The predicted octanol–water partition coefficient (Wildman–Crippen LogP) is 5.48. The van der Waals surface area contributed by atoms with Crippen LogP contribution in [0, 0.1) is 22.4 Å². The number of thioether (sulfide) groups is 1. The van der Waals surface area contributed by atoms with Crippen molar-refractivity contribution in [3.8, 4) is 11.3 Å². The molecule has 5 rings (SSSR count). The van der Waals surface area contributed by atoms with Crippen LogP contribution in [0.5, 0.6) is 0 Å². The number of furan rings is 1. The van der Waals surface area contributed by atoms with Gasteiger partial charge in [-0.25, -0.2) is 0 Å². The van der Waals surface area contributed by atoms with E-state index in [4.69, 9.17) is 21.4 Å². The number of nitro groups is 1. The Hall–Kier alpha value is -4.02. The van der Waals surface area contributed by atoms with Crippen LogP contribution in [-0.2, 0) is 4.79 Å². The summed E-state index contributed by atoms with van der Waals surface area (Å²) in [6.07, 6.45) is 1.43. The minimum Gasteiger partial charge on any atom is -0.457 e. The van der Waals surface area contributed by atoms with Gasteiger partial charge in [-0.1, -0.05) is 29.8 Å². The number of nitrogens with zero attached hydrogens (tertiary/aromatic N) is 4. The second-order valence-electron chi connectivity index (χ2n) is 7.36. The van der Waals surface area contributed by atoms with Crippen LogP contribution in [0.15, 0.2) is 74.7 Å². The number of halogens is 1. The van der Waals surface area contributed by atoms with Gasteiger partial charge in [0.15, 0.2) is 5.84 Å². The third kappa shape index (κ3) is 3.82. The summed E-state index contributed by atoms with van der Waals surface area (Å²) in [6, 6.07) is 15.0. The minimum atomic E-state index is -0.580. The standard InChI is InChI=1S/C23H14ClN5O4S/c1-12-10-13(29(31)32)6-8-15(12)19-9-7-14(33-19)11-17-20(25)28-23(26-21(17)30)34-22(27-28)16-4-2-3-5-18(16)24/h2-11,25H,1H3/b17-11-,25-20?. The maximum atomic E-state index is 12.7. The first kappa shape index (κ1) is 21.8. The van der Waals surface area contributed by atoms with E-state index in [1.165, 1.54) is 35.0 Å². The summed E-state index contributed by atoms with van der Waals surface area (Å²) in [5.41, 5.74) is 2.06. The van der Waals surface area contributed by atoms with Crippen LogP contribution in [-0.4, -0.2) is 31.9 Å². The molecule has 0 radical (unpaired) electrons. The molecular formula is C23H14ClN5O4S. The topological polar surface area (TPSA) is 125 Å². The van der Waals surface area contributed by atoms with Gasteiger partial charge in [0.05, 0.1) is 15.5 Å². The van der Waals surface area contributed by atoms with Crippen molar-refractivity contribution in [2.24, 2.45) is 10.1 Å². The number of hydrazone groups is 1. The molecule has 1 amide bonds. The van der Waals surface area contributed by atoms with E-state index in [1.54, 1.807) is 43.3 Å². The third-order valence-electron chi connectivity index (χ3n) is 5.16. The monoisotopic (exact) mass is 491 g/mol. The zero-order chi connectivity index (χ0) is 24.0. The van der Waals surface area contributed by atoms with Crippen molar-refractivity contribution in [3.63, 3.8) is 0 Å². The van der Waals surface area contributed by atoms with E-state index in [0.717, 1.165) is 0 Å².